The molecular formula is C17H18ClN3O. The van der Waals surface area contributed by atoms with Crippen molar-refractivity contribution < 1.29 is 4.79 Å². The molecule has 3 rings (SSSR count). The summed E-state index contributed by atoms with van der Waals surface area (Å²) >= 11 is 5.97. The molecule has 1 aliphatic heterocycles. The summed E-state index contributed by atoms with van der Waals surface area (Å²) in [6.07, 6.45) is 4.19. The summed E-state index contributed by atoms with van der Waals surface area (Å²) in [4.78, 5) is 18.6. The number of likely N-dealkylation sites (N-methyl/N-ethyl adjacent to an activating group) is 1. The third-order valence-electron chi connectivity index (χ3n) is 4.12. The minimum Gasteiger partial charge on any atom is -0.347 e. The quantitative estimate of drug-likeness (QED) is 0.947. The highest BCUT2D eigenvalue weighted by molar-refractivity contribution is 6.30. The van der Waals surface area contributed by atoms with Crippen molar-refractivity contribution in [3.05, 3.63) is 64.9 Å². The van der Waals surface area contributed by atoms with Crippen molar-refractivity contribution in [2.75, 3.05) is 13.6 Å². The number of likely N-dealkylation sites (tertiary alicyclic amines) is 1. The summed E-state index contributed by atoms with van der Waals surface area (Å²) in [7, 11) is 2.08. The normalized spacial score (nSPS) is 21.7. The molecule has 1 N–H and O–H groups in total. The van der Waals surface area contributed by atoms with E-state index in [0.717, 1.165) is 18.0 Å². The van der Waals surface area contributed by atoms with Crippen LogP contribution in [0.4, 0.5) is 0 Å². The van der Waals surface area contributed by atoms with E-state index in [2.05, 4.69) is 22.2 Å². The highest BCUT2D eigenvalue weighted by atomic mass is 35.5. The molecule has 0 spiro atoms. The Balaban J connectivity index is 1.77. The molecule has 4 nitrogen and oxygen atoms in total. The average molecular weight is 316 g/mol. The Labute approximate surface area is 135 Å². The van der Waals surface area contributed by atoms with E-state index >= 15 is 0 Å². The number of benzene rings is 1. The molecule has 1 aromatic carbocycles. The molecule has 5 heteroatoms. The van der Waals surface area contributed by atoms with Crippen LogP contribution < -0.4 is 5.32 Å². The molecule has 0 radical (unpaired) electrons. The fourth-order valence-electron chi connectivity index (χ4n) is 3.00. The smallest absolute Gasteiger partial charge is 0.251 e. The van der Waals surface area contributed by atoms with Crippen LogP contribution in [0.3, 0.4) is 0 Å². The monoisotopic (exact) mass is 315 g/mol. The Morgan fingerprint density at radius 3 is 2.59 bits per heavy atom. The number of hydrogen-bond acceptors (Lipinski definition) is 3. The molecule has 114 valence electrons. The lowest BCUT2D eigenvalue weighted by atomic mass is 10.00. The van der Waals surface area contributed by atoms with Crippen molar-refractivity contribution in [3.63, 3.8) is 0 Å². The molecular weight excluding hydrogens is 298 g/mol. The van der Waals surface area contributed by atoms with E-state index in [0.29, 0.717) is 5.56 Å². The maximum atomic E-state index is 12.4. The molecule has 1 amide bonds. The van der Waals surface area contributed by atoms with E-state index in [1.165, 1.54) is 5.56 Å². The second-order valence-electron chi connectivity index (χ2n) is 5.58. The first-order valence-electron chi connectivity index (χ1n) is 7.32. The molecule has 1 fully saturated rings. The zero-order chi connectivity index (χ0) is 15.5. The van der Waals surface area contributed by atoms with Gasteiger partial charge in [-0.05, 0) is 43.3 Å². The highest BCUT2D eigenvalue weighted by Gasteiger charge is 2.34. The van der Waals surface area contributed by atoms with Crippen molar-refractivity contribution >= 4 is 17.5 Å². The number of rotatable bonds is 3. The number of hydrogen-bond donors (Lipinski definition) is 1. The number of carbonyl (C=O) groups is 1. The van der Waals surface area contributed by atoms with Crippen LogP contribution in [0.25, 0.3) is 0 Å². The van der Waals surface area contributed by atoms with Gasteiger partial charge < -0.3 is 5.32 Å². The van der Waals surface area contributed by atoms with Gasteiger partial charge >= 0.3 is 0 Å². The number of pyridine rings is 1. The number of carbonyl (C=O) groups excluding carboxylic acids is 1. The molecule has 2 heterocycles. The summed E-state index contributed by atoms with van der Waals surface area (Å²) in [5, 5.41) is 3.87. The predicted molar refractivity (Wildman–Crippen MR) is 86.9 cm³/mol. The van der Waals surface area contributed by atoms with Crippen LogP contribution in [0.2, 0.25) is 5.02 Å². The maximum Gasteiger partial charge on any atom is 0.251 e. The van der Waals surface area contributed by atoms with Gasteiger partial charge in [-0.15, -0.1) is 0 Å². The summed E-state index contributed by atoms with van der Waals surface area (Å²) in [5.41, 5.74) is 1.81. The van der Waals surface area contributed by atoms with Gasteiger partial charge in [-0.25, -0.2) is 0 Å². The van der Waals surface area contributed by atoms with E-state index in [9.17, 15) is 4.79 Å². The van der Waals surface area contributed by atoms with Crippen LogP contribution in [0.5, 0.6) is 0 Å². The Bertz CT molecular complexity index is 645. The van der Waals surface area contributed by atoms with Crippen LogP contribution in [0.1, 0.15) is 28.4 Å². The lowest BCUT2D eigenvalue weighted by Crippen LogP contribution is -2.38. The molecule has 0 unspecified atom stereocenters. The zero-order valence-electron chi connectivity index (χ0n) is 12.4. The third-order valence-corrected chi connectivity index (χ3v) is 4.37. The molecule has 22 heavy (non-hydrogen) atoms. The van der Waals surface area contributed by atoms with Crippen LogP contribution in [0, 0.1) is 0 Å². The average Bonchev–Trinajstić information content (AvgIpc) is 2.90. The van der Waals surface area contributed by atoms with Crippen LogP contribution in [-0.2, 0) is 0 Å². The standard InChI is InChI=1S/C17H18ClN3O/c1-21-11-8-15(16(21)12-2-4-14(18)5-3-12)20-17(22)13-6-9-19-10-7-13/h2-7,9-10,15-16H,8,11H2,1H3,(H,20,22)/t15-,16+/m1/s1. The minimum atomic E-state index is -0.0540. The molecule has 2 aromatic rings. The number of amides is 1. The molecule has 1 aromatic heterocycles. The lowest BCUT2D eigenvalue weighted by Gasteiger charge is -2.26. The maximum absolute atomic E-state index is 12.4. The molecule has 0 bridgehead atoms. The predicted octanol–water partition coefficient (Wildman–Crippen LogP) is 2.91. The van der Waals surface area contributed by atoms with Gasteiger partial charge in [-0.1, -0.05) is 23.7 Å². The SMILES string of the molecule is CN1CC[C@@H](NC(=O)c2ccncc2)[C@@H]1c1ccc(Cl)cc1. The van der Waals surface area contributed by atoms with Gasteiger partial charge in [0, 0.05) is 29.5 Å². The topological polar surface area (TPSA) is 45.2 Å². The molecule has 0 aliphatic carbocycles. The van der Waals surface area contributed by atoms with E-state index < -0.39 is 0 Å². The first kappa shape index (κ1) is 15.0. The van der Waals surface area contributed by atoms with Crippen LogP contribution in [-0.4, -0.2) is 35.4 Å². The highest BCUT2D eigenvalue weighted by Crippen LogP contribution is 2.31. The van der Waals surface area contributed by atoms with Crippen LogP contribution in [0.15, 0.2) is 48.8 Å². The third kappa shape index (κ3) is 3.13. The Morgan fingerprint density at radius 1 is 1.23 bits per heavy atom. The fourth-order valence-corrected chi connectivity index (χ4v) is 3.13. The molecule has 1 aliphatic rings. The molecule has 0 saturated carbocycles. The van der Waals surface area contributed by atoms with E-state index in [1.807, 2.05) is 24.3 Å². The Kier molecular flexibility index (Phi) is 4.41. The van der Waals surface area contributed by atoms with Crippen molar-refractivity contribution in [2.24, 2.45) is 0 Å². The first-order valence-corrected chi connectivity index (χ1v) is 7.69. The number of halogens is 1. The Morgan fingerprint density at radius 2 is 1.91 bits per heavy atom. The first-order chi connectivity index (χ1) is 10.6. The van der Waals surface area contributed by atoms with Crippen molar-refractivity contribution in [2.45, 2.75) is 18.5 Å². The summed E-state index contributed by atoms with van der Waals surface area (Å²) in [6, 6.07) is 11.6. The lowest BCUT2D eigenvalue weighted by molar-refractivity contribution is 0.0927. The van der Waals surface area contributed by atoms with Crippen molar-refractivity contribution in [3.8, 4) is 0 Å². The van der Waals surface area contributed by atoms with Crippen molar-refractivity contribution in [1.82, 2.24) is 15.2 Å². The van der Waals surface area contributed by atoms with Gasteiger partial charge in [-0.2, -0.15) is 0 Å². The summed E-state index contributed by atoms with van der Waals surface area (Å²) < 4.78 is 0. The summed E-state index contributed by atoms with van der Waals surface area (Å²) in [5.74, 6) is -0.0540. The number of aromatic nitrogens is 1. The zero-order valence-corrected chi connectivity index (χ0v) is 13.1. The fraction of sp³-hybridized carbons (Fsp3) is 0.294. The van der Waals surface area contributed by atoms with Gasteiger partial charge in [0.05, 0.1) is 12.1 Å². The molecule has 2 atom stereocenters. The van der Waals surface area contributed by atoms with E-state index in [1.54, 1.807) is 24.5 Å². The molecule has 1 saturated heterocycles. The van der Waals surface area contributed by atoms with Gasteiger partial charge in [0.2, 0.25) is 0 Å². The van der Waals surface area contributed by atoms with Crippen molar-refractivity contribution in [1.29, 1.82) is 0 Å². The van der Waals surface area contributed by atoms with E-state index in [4.69, 9.17) is 11.6 Å². The largest absolute Gasteiger partial charge is 0.347 e. The number of nitrogens with one attached hydrogen (secondary N) is 1. The van der Waals surface area contributed by atoms with Gasteiger partial charge in [0.25, 0.3) is 5.91 Å². The minimum absolute atomic E-state index is 0.0540. The number of nitrogens with zero attached hydrogens (tertiary/aromatic N) is 2. The van der Waals surface area contributed by atoms with Gasteiger partial charge in [0.1, 0.15) is 0 Å². The van der Waals surface area contributed by atoms with Gasteiger partial charge in [-0.3, -0.25) is 14.7 Å². The second kappa shape index (κ2) is 6.46. The van der Waals surface area contributed by atoms with Crippen LogP contribution >= 0.6 is 11.6 Å². The Hall–Kier alpha value is -1.91. The van der Waals surface area contributed by atoms with Gasteiger partial charge in [0.15, 0.2) is 0 Å². The second-order valence-corrected chi connectivity index (χ2v) is 6.02. The van der Waals surface area contributed by atoms with E-state index in [-0.39, 0.29) is 18.0 Å². The summed E-state index contributed by atoms with van der Waals surface area (Å²) in [6.45, 7) is 0.953.